The lowest BCUT2D eigenvalue weighted by atomic mass is 10.1. The van der Waals surface area contributed by atoms with Crippen LogP contribution in [0.1, 0.15) is 28.3 Å². The van der Waals surface area contributed by atoms with Gasteiger partial charge in [-0.1, -0.05) is 36.4 Å². The molecular weight excluding hydrogens is 300 g/mol. The Balaban J connectivity index is 1.52. The van der Waals surface area contributed by atoms with Crippen molar-refractivity contribution in [3.05, 3.63) is 70.9 Å². The van der Waals surface area contributed by atoms with Gasteiger partial charge >= 0.3 is 0 Å². The van der Waals surface area contributed by atoms with Crippen LogP contribution >= 0.6 is 0 Å². The number of aliphatic hydroxyl groups is 1. The Morgan fingerprint density at radius 1 is 1.29 bits per heavy atom. The molecule has 2 aromatic carbocycles. The lowest BCUT2D eigenvalue weighted by Gasteiger charge is -2.17. The number of aromatic nitrogens is 1. The van der Waals surface area contributed by atoms with Crippen molar-refractivity contribution in [1.82, 2.24) is 10.3 Å². The van der Waals surface area contributed by atoms with E-state index in [1.165, 1.54) is 5.56 Å². The smallest absolute Gasteiger partial charge is 0.225 e. The fraction of sp³-hybridized carbons (Fsp3) is 0.250. The van der Waals surface area contributed by atoms with Crippen LogP contribution in [0, 0.1) is 6.92 Å². The molecule has 0 saturated heterocycles. The maximum Gasteiger partial charge on any atom is 0.225 e. The van der Waals surface area contributed by atoms with Gasteiger partial charge in [-0.15, -0.1) is 0 Å². The highest BCUT2D eigenvalue weighted by Gasteiger charge is 2.31. The van der Waals surface area contributed by atoms with E-state index in [1.807, 2.05) is 43.5 Å². The standard InChI is InChI=1S/C20H20N2O2/c1-12-6-7-15-14(11-21-17(15)8-12)10-19(24)22-20-16-5-3-2-4-13(16)9-18(20)23/h2-8,11,18,20-21,23H,9-10H2,1H3,(H,22,24). The lowest BCUT2D eigenvalue weighted by molar-refractivity contribution is -0.121. The number of carbonyl (C=O) groups excluding carboxylic acids is 1. The molecule has 3 aromatic rings. The van der Waals surface area contributed by atoms with Gasteiger partial charge in [0.15, 0.2) is 0 Å². The summed E-state index contributed by atoms with van der Waals surface area (Å²) >= 11 is 0. The zero-order valence-electron chi connectivity index (χ0n) is 13.5. The predicted molar refractivity (Wildman–Crippen MR) is 93.8 cm³/mol. The fourth-order valence-corrected chi connectivity index (χ4v) is 3.59. The second kappa shape index (κ2) is 5.80. The Morgan fingerprint density at radius 3 is 3.00 bits per heavy atom. The van der Waals surface area contributed by atoms with Crippen LogP contribution in [0.3, 0.4) is 0 Å². The summed E-state index contributed by atoms with van der Waals surface area (Å²) in [5, 5.41) is 14.3. The zero-order chi connectivity index (χ0) is 16.7. The van der Waals surface area contributed by atoms with E-state index in [0.717, 1.165) is 27.6 Å². The third-order valence-corrected chi connectivity index (χ3v) is 4.79. The summed E-state index contributed by atoms with van der Waals surface area (Å²) in [5.41, 5.74) is 5.34. The summed E-state index contributed by atoms with van der Waals surface area (Å²) in [6.07, 6.45) is 2.22. The van der Waals surface area contributed by atoms with Crippen molar-refractivity contribution in [2.45, 2.75) is 31.9 Å². The third-order valence-electron chi connectivity index (χ3n) is 4.79. The minimum atomic E-state index is -0.558. The van der Waals surface area contributed by atoms with Crippen LogP contribution in [0.4, 0.5) is 0 Å². The SMILES string of the molecule is Cc1ccc2c(CC(=O)NC3c4ccccc4CC3O)c[nH]c2c1. The largest absolute Gasteiger partial charge is 0.390 e. The summed E-state index contributed by atoms with van der Waals surface area (Å²) in [4.78, 5) is 15.7. The third kappa shape index (κ3) is 2.59. The van der Waals surface area contributed by atoms with E-state index >= 15 is 0 Å². The molecule has 122 valence electrons. The number of aryl methyl sites for hydroxylation is 1. The first-order valence-corrected chi connectivity index (χ1v) is 8.23. The number of aliphatic hydroxyl groups excluding tert-OH is 1. The molecule has 4 heteroatoms. The van der Waals surface area contributed by atoms with Gasteiger partial charge in [0.25, 0.3) is 0 Å². The van der Waals surface area contributed by atoms with Crippen molar-refractivity contribution in [3.63, 3.8) is 0 Å². The maximum atomic E-state index is 12.5. The minimum absolute atomic E-state index is 0.0720. The highest BCUT2D eigenvalue weighted by Crippen LogP contribution is 2.31. The molecule has 2 unspecified atom stereocenters. The van der Waals surface area contributed by atoms with E-state index < -0.39 is 6.10 Å². The Bertz CT molecular complexity index is 913. The predicted octanol–water partition coefficient (Wildman–Crippen LogP) is 2.79. The highest BCUT2D eigenvalue weighted by atomic mass is 16.3. The Hall–Kier alpha value is -2.59. The van der Waals surface area contributed by atoms with E-state index in [9.17, 15) is 9.90 Å². The number of hydrogen-bond donors (Lipinski definition) is 3. The molecule has 1 aromatic heterocycles. The van der Waals surface area contributed by atoms with Gasteiger partial charge < -0.3 is 15.4 Å². The number of nitrogens with one attached hydrogen (secondary N) is 2. The topological polar surface area (TPSA) is 65.1 Å². The van der Waals surface area contributed by atoms with Crippen molar-refractivity contribution >= 4 is 16.8 Å². The average Bonchev–Trinajstić information content (AvgIpc) is 3.09. The zero-order valence-corrected chi connectivity index (χ0v) is 13.5. The molecule has 0 radical (unpaired) electrons. The van der Waals surface area contributed by atoms with Gasteiger partial charge in [0.05, 0.1) is 18.6 Å². The molecule has 1 aliphatic carbocycles. The molecule has 0 bridgehead atoms. The van der Waals surface area contributed by atoms with Crippen molar-refractivity contribution < 1.29 is 9.90 Å². The summed E-state index contributed by atoms with van der Waals surface area (Å²) < 4.78 is 0. The molecule has 2 atom stereocenters. The maximum absolute atomic E-state index is 12.5. The summed E-state index contributed by atoms with van der Waals surface area (Å²) in [5.74, 6) is -0.0720. The van der Waals surface area contributed by atoms with Gasteiger partial charge in [-0.25, -0.2) is 0 Å². The molecule has 4 rings (SSSR count). The van der Waals surface area contributed by atoms with Crippen LogP contribution in [0.25, 0.3) is 10.9 Å². The molecule has 0 aliphatic heterocycles. The second-order valence-corrected chi connectivity index (χ2v) is 6.56. The van der Waals surface area contributed by atoms with Crippen LogP contribution in [0.2, 0.25) is 0 Å². The quantitative estimate of drug-likeness (QED) is 0.695. The van der Waals surface area contributed by atoms with Crippen molar-refractivity contribution in [3.8, 4) is 0 Å². The number of hydrogen-bond acceptors (Lipinski definition) is 2. The van der Waals surface area contributed by atoms with Gasteiger partial charge in [-0.2, -0.15) is 0 Å². The van der Waals surface area contributed by atoms with E-state index in [0.29, 0.717) is 12.8 Å². The van der Waals surface area contributed by atoms with Crippen LogP contribution in [-0.2, 0) is 17.6 Å². The van der Waals surface area contributed by atoms with E-state index in [4.69, 9.17) is 0 Å². The van der Waals surface area contributed by atoms with Gasteiger partial charge in [-0.3, -0.25) is 4.79 Å². The molecule has 0 fully saturated rings. The highest BCUT2D eigenvalue weighted by molar-refractivity contribution is 5.89. The number of rotatable bonds is 3. The van der Waals surface area contributed by atoms with Crippen LogP contribution < -0.4 is 5.32 Å². The van der Waals surface area contributed by atoms with Crippen LogP contribution in [-0.4, -0.2) is 22.1 Å². The molecule has 1 amide bonds. The van der Waals surface area contributed by atoms with E-state index in [2.05, 4.69) is 22.4 Å². The molecule has 3 N–H and O–H groups in total. The molecule has 4 nitrogen and oxygen atoms in total. The first-order chi connectivity index (χ1) is 11.6. The fourth-order valence-electron chi connectivity index (χ4n) is 3.59. The monoisotopic (exact) mass is 320 g/mol. The molecular formula is C20H20N2O2. The normalized spacial score (nSPS) is 19.4. The van der Waals surface area contributed by atoms with Crippen molar-refractivity contribution in [1.29, 1.82) is 0 Å². The number of H-pyrrole nitrogens is 1. The van der Waals surface area contributed by atoms with Gasteiger partial charge in [0.2, 0.25) is 5.91 Å². The Morgan fingerprint density at radius 2 is 2.12 bits per heavy atom. The molecule has 24 heavy (non-hydrogen) atoms. The van der Waals surface area contributed by atoms with Crippen LogP contribution in [0.15, 0.2) is 48.7 Å². The first-order valence-electron chi connectivity index (χ1n) is 8.23. The number of benzene rings is 2. The average molecular weight is 320 g/mol. The summed E-state index contributed by atoms with van der Waals surface area (Å²) in [7, 11) is 0. The van der Waals surface area contributed by atoms with Crippen molar-refractivity contribution in [2.24, 2.45) is 0 Å². The number of amides is 1. The summed E-state index contributed by atoms with van der Waals surface area (Å²) in [6, 6.07) is 13.7. The minimum Gasteiger partial charge on any atom is -0.390 e. The van der Waals surface area contributed by atoms with Gasteiger partial charge in [0, 0.05) is 23.5 Å². The molecule has 0 saturated carbocycles. The lowest BCUT2D eigenvalue weighted by Crippen LogP contribution is -2.34. The molecule has 1 aliphatic rings. The Kier molecular flexibility index (Phi) is 3.62. The van der Waals surface area contributed by atoms with Crippen LogP contribution in [0.5, 0.6) is 0 Å². The second-order valence-electron chi connectivity index (χ2n) is 6.56. The summed E-state index contributed by atoms with van der Waals surface area (Å²) in [6.45, 7) is 2.05. The van der Waals surface area contributed by atoms with E-state index in [-0.39, 0.29) is 11.9 Å². The number of fused-ring (bicyclic) bond motifs is 2. The molecule has 0 spiro atoms. The van der Waals surface area contributed by atoms with Gasteiger partial charge in [-0.05, 0) is 35.2 Å². The van der Waals surface area contributed by atoms with E-state index in [1.54, 1.807) is 0 Å². The molecule has 1 heterocycles. The number of carbonyl (C=O) groups is 1. The number of aromatic amines is 1. The Labute approximate surface area is 140 Å². The van der Waals surface area contributed by atoms with Crippen molar-refractivity contribution in [2.75, 3.05) is 0 Å². The van der Waals surface area contributed by atoms with Gasteiger partial charge in [0.1, 0.15) is 0 Å². The first kappa shape index (κ1) is 15.0.